The van der Waals surface area contributed by atoms with Crippen molar-refractivity contribution >= 4 is 17.9 Å². The molecule has 0 aliphatic carbocycles. The van der Waals surface area contributed by atoms with E-state index >= 15 is 0 Å². The zero-order valence-electron chi connectivity index (χ0n) is 36.1. The van der Waals surface area contributed by atoms with Gasteiger partial charge >= 0.3 is 17.9 Å². The lowest BCUT2D eigenvalue weighted by atomic mass is 10.1. The molecule has 6 nitrogen and oxygen atoms in total. The standard InChI is InChI=1S/C50H82O6/c1-4-7-10-13-16-19-21-23-24-25-26-27-29-31-34-37-40-43-49(52)55-46-47(45-54-48(51)42-39-36-33-30-18-15-12-9-6-3)56-50(53)44-41-38-35-32-28-22-20-17-14-11-8-5-2/h8-9,11-12,16-20,23-24,28,30,32,47H,4-7,10,13-15,21-22,25-27,29,31,33-46H2,1-3H3/b11-8-,12-9-,19-16-,20-17-,24-23-,30-18-,32-28-. The molecule has 0 saturated heterocycles. The number of hydrogen-bond acceptors (Lipinski definition) is 6. The van der Waals surface area contributed by atoms with E-state index in [1.807, 2.05) is 0 Å². The van der Waals surface area contributed by atoms with Crippen LogP contribution in [0.25, 0.3) is 0 Å². The van der Waals surface area contributed by atoms with Crippen LogP contribution in [0.3, 0.4) is 0 Å². The largest absolute Gasteiger partial charge is 0.462 e. The fourth-order valence-electron chi connectivity index (χ4n) is 5.76. The molecule has 0 fully saturated rings. The van der Waals surface area contributed by atoms with E-state index in [9.17, 15) is 14.4 Å². The van der Waals surface area contributed by atoms with Crippen molar-refractivity contribution in [3.8, 4) is 0 Å². The van der Waals surface area contributed by atoms with Crippen molar-refractivity contribution in [2.24, 2.45) is 0 Å². The van der Waals surface area contributed by atoms with E-state index in [1.54, 1.807) is 0 Å². The summed E-state index contributed by atoms with van der Waals surface area (Å²) in [6.45, 7) is 6.27. The van der Waals surface area contributed by atoms with Crippen molar-refractivity contribution in [3.63, 3.8) is 0 Å². The molecule has 56 heavy (non-hydrogen) atoms. The third-order valence-electron chi connectivity index (χ3n) is 9.11. The van der Waals surface area contributed by atoms with Crippen molar-refractivity contribution in [3.05, 3.63) is 85.1 Å². The molecule has 0 aromatic heterocycles. The highest BCUT2D eigenvalue weighted by Gasteiger charge is 2.19. The number of carbonyl (C=O) groups excluding carboxylic acids is 3. The molecule has 1 atom stereocenters. The van der Waals surface area contributed by atoms with Crippen LogP contribution >= 0.6 is 0 Å². The predicted molar refractivity (Wildman–Crippen MR) is 237 cm³/mol. The molecule has 0 spiro atoms. The van der Waals surface area contributed by atoms with Gasteiger partial charge in [-0.3, -0.25) is 14.4 Å². The molecule has 0 aliphatic heterocycles. The second-order valence-corrected chi connectivity index (χ2v) is 14.5. The molecule has 0 saturated carbocycles. The normalized spacial score (nSPS) is 12.8. The van der Waals surface area contributed by atoms with E-state index in [0.29, 0.717) is 19.3 Å². The molecule has 0 amide bonds. The van der Waals surface area contributed by atoms with Gasteiger partial charge in [-0.15, -0.1) is 0 Å². The van der Waals surface area contributed by atoms with Gasteiger partial charge < -0.3 is 14.2 Å². The molecular weight excluding hydrogens is 697 g/mol. The molecule has 0 radical (unpaired) electrons. The summed E-state index contributed by atoms with van der Waals surface area (Å²) in [5.41, 5.74) is 0. The quantitative estimate of drug-likeness (QED) is 0.0268. The number of rotatable bonds is 39. The monoisotopic (exact) mass is 779 g/mol. The second-order valence-electron chi connectivity index (χ2n) is 14.5. The van der Waals surface area contributed by atoms with Gasteiger partial charge in [0.05, 0.1) is 0 Å². The maximum atomic E-state index is 12.7. The molecule has 0 aromatic rings. The minimum Gasteiger partial charge on any atom is -0.462 e. The summed E-state index contributed by atoms with van der Waals surface area (Å²) in [6.07, 6.45) is 55.8. The summed E-state index contributed by atoms with van der Waals surface area (Å²) >= 11 is 0. The molecule has 318 valence electrons. The highest BCUT2D eigenvalue weighted by atomic mass is 16.6. The van der Waals surface area contributed by atoms with Gasteiger partial charge in [-0.05, 0) is 109 Å². The molecule has 0 aromatic carbocycles. The Morgan fingerprint density at radius 1 is 0.375 bits per heavy atom. The lowest BCUT2D eigenvalue weighted by Crippen LogP contribution is -2.30. The van der Waals surface area contributed by atoms with Crippen molar-refractivity contribution in [2.75, 3.05) is 13.2 Å². The van der Waals surface area contributed by atoms with E-state index in [-0.39, 0.29) is 37.5 Å². The van der Waals surface area contributed by atoms with Crippen LogP contribution in [-0.4, -0.2) is 37.2 Å². The summed E-state index contributed by atoms with van der Waals surface area (Å²) in [7, 11) is 0. The topological polar surface area (TPSA) is 78.9 Å². The van der Waals surface area contributed by atoms with Crippen LogP contribution in [0.2, 0.25) is 0 Å². The minimum absolute atomic E-state index is 0.108. The van der Waals surface area contributed by atoms with Gasteiger partial charge in [0, 0.05) is 19.3 Å². The number of unbranched alkanes of at least 4 members (excludes halogenated alkanes) is 14. The van der Waals surface area contributed by atoms with E-state index in [4.69, 9.17) is 14.2 Å². The van der Waals surface area contributed by atoms with Crippen molar-refractivity contribution in [1.29, 1.82) is 0 Å². The Morgan fingerprint density at radius 2 is 0.696 bits per heavy atom. The molecule has 0 N–H and O–H groups in total. The lowest BCUT2D eigenvalue weighted by molar-refractivity contribution is -0.167. The first-order valence-electron chi connectivity index (χ1n) is 22.6. The number of allylic oxidation sites excluding steroid dienone is 14. The summed E-state index contributed by atoms with van der Waals surface area (Å²) in [6, 6.07) is 0. The molecule has 1 unspecified atom stereocenters. The van der Waals surface area contributed by atoms with Gasteiger partial charge in [0.15, 0.2) is 6.10 Å². The predicted octanol–water partition coefficient (Wildman–Crippen LogP) is 14.5. The first-order chi connectivity index (χ1) is 27.5. The van der Waals surface area contributed by atoms with Gasteiger partial charge in [-0.1, -0.05) is 151 Å². The highest BCUT2D eigenvalue weighted by Crippen LogP contribution is 2.12. The first-order valence-corrected chi connectivity index (χ1v) is 22.6. The second kappa shape index (κ2) is 44.3. The fraction of sp³-hybridized carbons (Fsp3) is 0.660. The van der Waals surface area contributed by atoms with Crippen molar-refractivity contribution in [2.45, 2.75) is 200 Å². The van der Waals surface area contributed by atoms with Gasteiger partial charge in [-0.25, -0.2) is 0 Å². The van der Waals surface area contributed by atoms with Crippen LogP contribution in [-0.2, 0) is 28.6 Å². The van der Waals surface area contributed by atoms with E-state index in [2.05, 4.69) is 106 Å². The first kappa shape index (κ1) is 52.6. The van der Waals surface area contributed by atoms with E-state index in [1.165, 1.54) is 51.4 Å². The van der Waals surface area contributed by atoms with E-state index in [0.717, 1.165) is 96.3 Å². The third-order valence-corrected chi connectivity index (χ3v) is 9.11. The molecule has 0 rings (SSSR count). The zero-order chi connectivity index (χ0) is 40.8. The van der Waals surface area contributed by atoms with Crippen LogP contribution in [0.1, 0.15) is 194 Å². The maximum Gasteiger partial charge on any atom is 0.306 e. The smallest absolute Gasteiger partial charge is 0.306 e. The summed E-state index contributed by atoms with van der Waals surface area (Å²) in [5.74, 6) is -1.00. The van der Waals surface area contributed by atoms with Crippen LogP contribution in [0.15, 0.2) is 85.1 Å². The summed E-state index contributed by atoms with van der Waals surface area (Å²) in [4.78, 5) is 37.6. The average molecular weight is 779 g/mol. The molecular formula is C50H82O6. The highest BCUT2D eigenvalue weighted by molar-refractivity contribution is 5.71. The lowest BCUT2D eigenvalue weighted by Gasteiger charge is -2.18. The number of carbonyl (C=O) groups is 3. The Labute approximate surface area is 344 Å². The van der Waals surface area contributed by atoms with Gasteiger partial charge in [0.1, 0.15) is 13.2 Å². The zero-order valence-corrected chi connectivity index (χ0v) is 36.1. The van der Waals surface area contributed by atoms with Crippen LogP contribution in [0.4, 0.5) is 0 Å². The van der Waals surface area contributed by atoms with Gasteiger partial charge in [0.2, 0.25) is 0 Å². The van der Waals surface area contributed by atoms with Crippen molar-refractivity contribution < 1.29 is 28.6 Å². The summed E-state index contributed by atoms with van der Waals surface area (Å²) in [5, 5.41) is 0. The maximum absolute atomic E-state index is 12.7. The summed E-state index contributed by atoms with van der Waals surface area (Å²) < 4.78 is 16.6. The molecule has 6 heteroatoms. The Hall–Kier alpha value is -3.41. The van der Waals surface area contributed by atoms with Crippen LogP contribution in [0, 0.1) is 0 Å². The average Bonchev–Trinajstić information content (AvgIpc) is 3.19. The van der Waals surface area contributed by atoms with Crippen LogP contribution < -0.4 is 0 Å². The Kier molecular flexibility index (Phi) is 41.6. The number of hydrogen-bond donors (Lipinski definition) is 0. The Balaban J connectivity index is 4.43. The third kappa shape index (κ3) is 41.7. The van der Waals surface area contributed by atoms with Gasteiger partial charge in [-0.2, -0.15) is 0 Å². The fourth-order valence-corrected chi connectivity index (χ4v) is 5.76. The molecule has 0 aliphatic rings. The number of esters is 3. The molecule has 0 bridgehead atoms. The Bertz CT molecular complexity index is 1120. The number of ether oxygens (including phenoxy) is 3. The van der Waals surface area contributed by atoms with Crippen LogP contribution in [0.5, 0.6) is 0 Å². The molecule has 0 heterocycles. The van der Waals surface area contributed by atoms with E-state index < -0.39 is 6.10 Å². The van der Waals surface area contributed by atoms with Crippen molar-refractivity contribution in [1.82, 2.24) is 0 Å². The van der Waals surface area contributed by atoms with Gasteiger partial charge in [0.25, 0.3) is 0 Å². The minimum atomic E-state index is -0.810. The Morgan fingerprint density at radius 3 is 1.12 bits per heavy atom. The SMILES string of the molecule is CC/C=C\C/C=C\C/C=C\CCCCC(=O)OC(COC(=O)CCCC/C=C\C/C=C\CC)COC(=O)CCCCCCCCC/C=C\C/C=C\CCCCC.